The van der Waals surface area contributed by atoms with E-state index in [1.807, 2.05) is 11.1 Å². The number of nitrogens with zero attached hydrogens (tertiary/aromatic N) is 3. The lowest BCUT2D eigenvalue weighted by molar-refractivity contribution is -0.134. The fraction of sp³-hybridized carbons (Fsp3) is 0.750. The minimum atomic E-state index is -0.147. The van der Waals surface area contributed by atoms with E-state index in [0.717, 1.165) is 62.4 Å². The molecule has 0 radical (unpaired) electrons. The highest BCUT2D eigenvalue weighted by atomic mass is 16.2. The molecule has 4 heterocycles. The first-order valence-electron chi connectivity index (χ1n) is 10.3. The first kappa shape index (κ1) is 18.8. The molecule has 7 heteroatoms. The first-order chi connectivity index (χ1) is 12.9. The van der Waals surface area contributed by atoms with E-state index < -0.39 is 0 Å². The van der Waals surface area contributed by atoms with E-state index in [9.17, 15) is 4.79 Å². The molecular weight excluding hydrogens is 340 g/mol. The second-order valence-electron chi connectivity index (χ2n) is 9.23. The van der Waals surface area contributed by atoms with Crippen molar-refractivity contribution in [3.8, 4) is 0 Å². The van der Waals surface area contributed by atoms with E-state index in [1.54, 1.807) is 0 Å². The van der Waals surface area contributed by atoms with Gasteiger partial charge in [-0.1, -0.05) is 20.8 Å². The van der Waals surface area contributed by atoms with Crippen LogP contribution in [0.5, 0.6) is 0 Å². The number of amides is 1. The highest BCUT2D eigenvalue weighted by Gasteiger charge is 2.38. The van der Waals surface area contributed by atoms with Crippen molar-refractivity contribution in [1.29, 1.82) is 0 Å². The van der Waals surface area contributed by atoms with E-state index in [4.69, 9.17) is 4.98 Å². The molecule has 3 N–H and O–H groups in total. The topological polar surface area (TPSA) is 82.2 Å². The summed E-state index contributed by atoms with van der Waals surface area (Å²) >= 11 is 0. The number of piperidine rings is 1. The van der Waals surface area contributed by atoms with Gasteiger partial charge in [0.05, 0.1) is 5.69 Å². The summed E-state index contributed by atoms with van der Waals surface area (Å²) in [5.74, 6) is 1.64. The minimum Gasteiger partial charge on any atom is -0.336 e. The fourth-order valence-electron chi connectivity index (χ4n) is 4.30. The normalized spacial score (nSPS) is 26.9. The summed E-state index contributed by atoms with van der Waals surface area (Å²) in [6.45, 7) is 10.1. The van der Waals surface area contributed by atoms with E-state index in [2.05, 4.69) is 41.9 Å². The van der Waals surface area contributed by atoms with Crippen LogP contribution in [-0.2, 0) is 17.8 Å². The maximum atomic E-state index is 13.0. The molecule has 2 saturated heterocycles. The molecule has 1 aromatic heterocycles. The molecule has 0 aromatic carbocycles. The number of aromatic nitrogens is 2. The second kappa shape index (κ2) is 7.45. The van der Waals surface area contributed by atoms with Gasteiger partial charge >= 0.3 is 0 Å². The summed E-state index contributed by atoms with van der Waals surface area (Å²) in [4.78, 5) is 24.4. The predicted octanol–water partition coefficient (Wildman–Crippen LogP) is 1.11. The molecule has 148 valence electrons. The Kier molecular flexibility index (Phi) is 5.18. The maximum Gasteiger partial charge on any atom is 0.241 e. The summed E-state index contributed by atoms with van der Waals surface area (Å²) < 4.78 is 0. The molecule has 1 aromatic rings. The lowest BCUT2D eigenvalue weighted by Crippen LogP contribution is -2.47. The van der Waals surface area contributed by atoms with Gasteiger partial charge in [-0.15, -0.1) is 0 Å². The molecule has 2 unspecified atom stereocenters. The molecule has 27 heavy (non-hydrogen) atoms. The summed E-state index contributed by atoms with van der Waals surface area (Å²) in [6.07, 6.45) is 5.83. The van der Waals surface area contributed by atoms with E-state index in [1.165, 1.54) is 0 Å². The molecule has 1 amide bonds. The zero-order chi connectivity index (χ0) is 19.0. The Morgan fingerprint density at radius 3 is 2.70 bits per heavy atom. The average Bonchev–Trinajstić information content (AvgIpc) is 3.18. The molecule has 0 spiro atoms. The van der Waals surface area contributed by atoms with Gasteiger partial charge in [0.25, 0.3) is 0 Å². The van der Waals surface area contributed by atoms with Gasteiger partial charge < -0.3 is 10.2 Å². The quantitative estimate of drug-likeness (QED) is 0.721. The van der Waals surface area contributed by atoms with Crippen molar-refractivity contribution in [3.63, 3.8) is 0 Å². The van der Waals surface area contributed by atoms with Gasteiger partial charge in [-0.25, -0.2) is 15.4 Å². The Hall–Kier alpha value is -1.57. The molecule has 2 fully saturated rings. The van der Waals surface area contributed by atoms with E-state index >= 15 is 0 Å². The number of rotatable bonds is 2. The van der Waals surface area contributed by atoms with Crippen molar-refractivity contribution in [3.05, 3.63) is 23.3 Å². The molecule has 0 bridgehead atoms. The van der Waals surface area contributed by atoms with Crippen LogP contribution in [0.3, 0.4) is 0 Å². The Balaban J connectivity index is 1.40. The highest BCUT2D eigenvalue weighted by Crippen LogP contribution is 2.28. The van der Waals surface area contributed by atoms with E-state index in [-0.39, 0.29) is 17.4 Å². The van der Waals surface area contributed by atoms with Crippen LogP contribution in [0.4, 0.5) is 0 Å². The predicted molar refractivity (Wildman–Crippen MR) is 104 cm³/mol. The SMILES string of the molecule is CC(C)(C)C1CC(C(=O)N2CCc3nc(C4CCNCC4)ncc3C2)NN1. The molecule has 3 aliphatic rings. The van der Waals surface area contributed by atoms with Crippen LogP contribution >= 0.6 is 0 Å². The van der Waals surface area contributed by atoms with Gasteiger partial charge in [0.15, 0.2) is 0 Å². The van der Waals surface area contributed by atoms with E-state index in [0.29, 0.717) is 18.5 Å². The van der Waals surface area contributed by atoms with Crippen LogP contribution in [0.25, 0.3) is 0 Å². The van der Waals surface area contributed by atoms with Gasteiger partial charge in [-0.3, -0.25) is 10.2 Å². The molecule has 0 aliphatic carbocycles. The summed E-state index contributed by atoms with van der Waals surface area (Å²) in [6, 6.07) is 0.158. The number of nitrogens with one attached hydrogen (secondary N) is 3. The number of fused-ring (bicyclic) bond motifs is 1. The van der Waals surface area contributed by atoms with Gasteiger partial charge in [0.2, 0.25) is 5.91 Å². The number of hydrazine groups is 1. The van der Waals surface area contributed by atoms with Crippen LogP contribution < -0.4 is 16.2 Å². The minimum absolute atomic E-state index is 0.134. The van der Waals surface area contributed by atoms with Crippen LogP contribution in [0, 0.1) is 5.41 Å². The first-order valence-corrected chi connectivity index (χ1v) is 10.3. The van der Waals surface area contributed by atoms with Crippen molar-refractivity contribution in [2.24, 2.45) is 5.41 Å². The highest BCUT2D eigenvalue weighted by molar-refractivity contribution is 5.82. The van der Waals surface area contributed by atoms with Crippen molar-refractivity contribution in [1.82, 2.24) is 31.0 Å². The Morgan fingerprint density at radius 1 is 1.22 bits per heavy atom. The van der Waals surface area contributed by atoms with Crippen LogP contribution in [-0.4, -0.2) is 52.5 Å². The molecule has 0 saturated carbocycles. The zero-order valence-corrected chi connectivity index (χ0v) is 16.7. The monoisotopic (exact) mass is 372 g/mol. The Bertz CT molecular complexity index is 694. The van der Waals surface area contributed by atoms with Gasteiger partial charge in [0, 0.05) is 43.2 Å². The molecular formula is C20H32N6O. The summed E-state index contributed by atoms with van der Waals surface area (Å²) in [7, 11) is 0. The van der Waals surface area contributed by atoms with Crippen LogP contribution in [0.15, 0.2) is 6.20 Å². The summed E-state index contributed by atoms with van der Waals surface area (Å²) in [5, 5.41) is 3.39. The molecule has 2 atom stereocenters. The van der Waals surface area contributed by atoms with Crippen molar-refractivity contribution in [2.75, 3.05) is 19.6 Å². The van der Waals surface area contributed by atoms with Crippen LogP contribution in [0.2, 0.25) is 0 Å². The van der Waals surface area contributed by atoms with Crippen LogP contribution in [0.1, 0.15) is 63.0 Å². The average molecular weight is 373 g/mol. The molecule has 3 aliphatic heterocycles. The largest absolute Gasteiger partial charge is 0.336 e. The third kappa shape index (κ3) is 4.00. The molecule has 4 rings (SSSR count). The number of carbonyl (C=O) groups is 1. The third-order valence-corrected chi connectivity index (χ3v) is 6.22. The zero-order valence-electron chi connectivity index (χ0n) is 16.7. The van der Waals surface area contributed by atoms with Gasteiger partial charge in [0.1, 0.15) is 11.9 Å². The van der Waals surface area contributed by atoms with Crippen molar-refractivity contribution < 1.29 is 4.79 Å². The number of hydrogen-bond acceptors (Lipinski definition) is 6. The van der Waals surface area contributed by atoms with Crippen molar-refractivity contribution in [2.45, 2.75) is 71.0 Å². The number of carbonyl (C=O) groups excluding carboxylic acids is 1. The second-order valence-corrected chi connectivity index (χ2v) is 9.23. The third-order valence-electron chi connectivity index (χ3n) is 6.22. The maximum absolute atomic E-state index is 13.0. The standard InChI is InChI=1S/C20H32N6O/c1-20(2,3)17-10-16(24-25-17)19(27)26-9-6-15-14(12-26)11-22-18(23-15)13-4-7-21-8-5-13/h11,13,16-17,21,24-25H,4-10,12H2,1-3H3. The lowest BCUT2D eigenvalue weighted by atomic mass is 9.84. The smallest absolute Gasteiger partial charge is 0.241 e. The number of hydrogen-bond donors (Lipinski definition) is 3. The van der Waals surface area contributed by atoms with Gasteiger partial charge in [-0.2, -0.15) is 0 Å². The molecule has 7 nitrogen and oxygen atoms in total. The van der Waals surface area contributed by atoms with Gasteiger partial charge in [-0.05, 0) is 37.8 Å². The lowest BCUT2D eigenvalue weighted by Gasteiger charge is -2.31. The Morgan fingerprint density at radius 2 is 2.00 bits per heavy atom. The fourth-order valence-corrected chi connectivity index (χ4v) is 4.30. The van der Waals surface area contributed by atoms with Crippen molar-refractivity contribution >= 4 is 5.91 Å². The Labute approximate surface area is 161 Å². The summed E-state index contributed by atoms with van der Waals surface area (Å²) in [5.41, 5.74) is 8.88.